The van der Waals surface area contributed by atoms with Crippen molar-refractivity contribution in [1.29, 1.82) is 0 Å². The van der Waals surface area contributed by atoms with Crippen LogP contribution in [0.1, 0.15) is 13.3 Å². The van der Waals surface area contributed by atoms with Crippen molar-refractivity contribution in [2.75, 3.05) is 16.8 Å². The molecule has 0 spiro atoms. The van der Waals surface area contributed by atoms with Gasteiger partial charge in [0.25, 0.3) is 0 Å². The number of fused-ring (bicyclic) bond motifs is 1. The van der Waals surface area contributed by atoms with Crippen molar-refractivity contribution in [2.45, 2.75) is 18.9 Å². The molecule has 3 rings (SSSR count). The molecule has 1 aromatic carbocycles. The van der Waals surface area contributed by atoms with E-state index < -0.39 is 15.4 Å². The van der Waals surface area contributed by atoms with Gasteiger partial charge in [0.15, 0.2) is 15.0 Å². The number of anilines is 1. The summed E-state index contributed by atoms with van der Waals surface area (Å²) in [6.07, 6.45) is 0.634. The van der Waals surface area contributed by atoms with Gasteiger partial charge in [0.1, 0.15) is 0 Å². The van der Waals surface area contributed by atoms with Gasteiger partial charge in [-0.15, -0.1) is 0 Å². The second-order valence-corrected chi connectivity index (χ2v) is 9.29. The molecule has 2 aromatic rings. The standard InChI is InChI=1S/C12H13BrN2O2S2/c1-12(4-5-19(16,17)7-12)15-11-14-9-3-2-8(13)6-10(9)18-11/h2-3,6H,4-5,7H2,1H3,(H,14,15). The van der Waals surface area contributed by atoms with Crippen LogP contribution in [-0.2, 0) is 9.84 Å². The third kappa shape index (κ3) is 2.78. The zero-order valence-electron chi connectivity index (χ0n) is 10.3. The maximum atomic E-state index is 11.6. The molecule has 1 unspecified atom stereocenters. The third-order valence-electron chi connectivity index (χ3n) is 3.26. The van der Waals surface area contributed by atoms with E-state index >= 15 is 0 Å². The van der Waals surface area contributed by atoms with Crippen molar-refractivity contribution < 1.29 is 8.42 Å². The normalized spacial score (nSPS) is 25.8. The van der Waals surface area contributed by atoms with E-state index in [1.807, 2.05) is 25.1 Å². The summed E-state index contributed by atoms with van der Waals surface area (Å²) in [4.78, 5) is 4.50. The van der Waals surface area contributed by atoms with Crippen LogP contribution in [0.3, 0.4) is 0 Å². The lowest BCUT2D eigenvalue weighted by atomic mass is 10.0. The molecule has 1 N–H and O–H groups in total. The Bertz CT molecular complexity index is 741. The van der Waals surface area contributed by atoms with E-state index in [4.69, 9.17) is 0 Å². The topological polar surface area (TPSA) is 59.1 Å². The summed E-state index contributed by atoms with van der Waals surface area (Å²) < 4.78 is 25.3. The molecule has 4 nitrogen and oxygen atoms in total. The van der Waals surface area contributed by atoms with Crippen LogP contribution in [0.5, 0.6) is 0 Å². The average molecular weight is 361 g/mol. The molecule has 7 heteroatoms. The molecule has 19 heavy (non-hydrogen) atoms. The van der Waals surface area contributed by atoms with E-state index in [1.54, 1.807) is 11.3 Å². The summed E-state index contributed by atoms with van der Waals surface area (Å²) in [6, 6.07) is 5.92. The first-order chi connectivity index (χ1) is 8.85. The predicted octanol–water partition coefficient (Wildman–Crippen LogP) is 3.05. The summed E-state index contributed by atoms with van der Waals surface area (Å²) >= 11 is 4.98. The van der Waals surface area contributed by atoms with Crippen molar-refractivity contribution in [2.24, 2.45) is 0 Å². The Kier molecular flexibility index (Phi) is 3.11. The molecular weight excluding hydrogens is 348 g/mol. The highest BCUT2D eigenvalue weighted by molar-refractivity contribution is 9.10. The molecule has 2 heterocycles. The highest BCUT2D eigenvalue weighted by Crippen LogP contribution is 2.33. The molecule has 0 bridgehead atoms. The molecule has 0 saturated carbocycles. The molecule has 1 saturated heterocycles. The first kappa shape index (κ1) is 13.3. The molecule has 102 valence electrons. The summed E-state index contributed by atoms with van der Waals surface area (Å²) in [7, 11) is -2.90. The van der Waals surface area contributed by atoms with E-state index in [-0.39, 0.29) is 11.5 Å². The largest absolute Gasteiger partial charge is 0.355 e. The second kappa shape index (κ2) is 4.43. The monoisotopic (exact) mass is 360 g/mol. The van der Waals surface area contributed by atoms with Crippen LogP contribution < -0.4 is 5.32 Å². The predicted molar refractivity (Wildman–Crippen MR) is 82.6 cm³/mol. The Hall–Kier alpha value is -0.660. The minimum atomic E-state index is -2.90. The molecule has 1 aliphatic heterocycles. The Labute approximate surface area is 124 Å². The third-order valence-corrected chi connectivity index (χ3v) is 6.59. The van der Waals surface area contributed by atoms with Gasteiger partial charge in [0.05, 0.1) is 27.3 Å². The number of hydrogen-bond acceptors (Lipinski definition) is 5. The van der Waals surface area contributed by atoms with Gasteiger partial charge in [-0.2, -0.15) is 0 Å². The highest BCUT2D eigenvalue weighted by Gasteiger charge is 2.38. The Morgan fingerprint density at radius 1 is 1.47 bits per heavy atom. The molecule has 1 aliphatic rings. The SMILES string of the molecule is CC1(Nc2nc3ccc(Br)cc3s2)CCS(=O)(=O)C1. The molecule has 1 atom stereocenters. The van der Waals surface area contributed by atoms with Crippen LogP contribution in [0, 0.1) is 0 Å². The van der Waals surface area contributed by atoms with Crippen LogP contribution >= 0.6 is 27.3 Å². The molecule has 0 aliphatic carbocycles. The van der Waals surface area contributed by atoms with Crippen molar-refractivity contribution in [3.63, 3.8) is 0 Å². The number of halogens is 1. The molecule has 0 radical (unpaired) electrons. The van der Waals surface area contributed by atoms with Crippen molar-refractivity contribution in [3.05, 3.63) is 22.7 Å². The van der Waals surface area contributed by atoms with Gasteiger partial charge in [-0.05, 0) is 31.5 Å². The van der Waals surface area contributed by atoms with Gasteiger partial charge in [-0.25, -0.2) is 13.4 Å². The van der Waals surface area contributed by atoms with Crippen molar-refractivity contribution in [3.8, 4) is 0 Å². The van der Waals surface area contributed by atoms with Gasteiger partial charge in [0.2, 0.25) is 0 Å². The maximum absolute atomic E-state index is 11.6. The summed E-state index contributed by atoms with van der Waals surface area (Å²) in [5.41, 5.74) is 0.532. The molecule has 0 amide bonds. The minimum absolute atomic E-state index is 0.180. The second-order valence-electron chi connectivity index (χ2n) is 5.16. The number of benzene rings is 1. The fourth-order valence-corrected chi connectivity index (χ4v) is 5.98. The van der Waals surface area contributed by atoms with Crippen LogP contribution in [0.25, 0.3) is 10.2 Å². The number of nitrogens with one attached hydrogen (secondary N) is 1. The summed E-state index contributed by atoms with van der Waals surface area (Å²) in [5, 5.41) is 4.08. The zero-order chi connectivity index (χ0) is 13.7. The number of nitrogens with zero attached hydrogens (tertiary/aromatic N) is 1. The molecular formula is C12H13BrN2O2S2. The van der Waals surface area contributed by atoms with Crippen LogP contribution in [0.2, 0.25) is 0 Å². The Balaban J connectivity index is 1.90. The lowest BCUT2D eigenvalue weighted by molar-refractivity contribution is 0.574. The highest BCUT2D eigenvalue weighted by atomic mass is 79.9. The average Bonchev–Trinajstić information content (AvgIpc) is 2.78. The summed E-state index contributed by atoms with van der Waals surface area (Å²) in [5.74, 6) is 0.437. The summed E-state index contributed by atoms with van der Waals surface area (Å²) in [6.45, 7) is 1.94. The molecule has 1 aromatic heterocycles. The Morgan fingerprint density at radius 3 is 2.95 bits per heavy atom. The van der Waals surface area contributed by atoms with Crippen LogP contribution in [0.4, 0.5) is 5.13 Å². The first-order valence-corrected chi connectivity index (χ1v) is 9.33. The molecule has 1 fully saturated rings. The van der Waals surface area contributed by atoms with Crippen molar-refractivity contribution in [1.82, 2.24) is 4.98 Å². The number of rotatable bonds is 2. The lowest BCUT2D eigenvalue weighted by Gasteiger charge is -2.23. The van der Waals surface area contributed by atoms with E-state index in [2.05, 4.69) is 26.2 Å². The number of hydrogen-bond donors (Lipinski definition) is 1. The first-order valence-electron chi connectivity index (χ1n) is 5.90. The fraction of sp³-hybridized carbons (Fsp3) is 0.417. The van der Waals surface area contributed by atoms with Gasteiger partial charge < -0.3 is 5.32 Å². The lowest BCUT2D eigenvalue weighted by Crippen LogP contribution is -2.35. The van der Waals surface area contributed by atoms with Gasteiger partial charge in [-0.3, -0.25) is 0 Å². The van der Waals surface area contributed by atoms with E-state index in [9.17, 15) is 8.42 Å². The van der Waals surface area contributed by atoms with Crippen molar-refractivity contribution >= 4 is 52.5 Å². The fourth-order valence-electron chi connectivity index (χ4n) is 2.32. The number of aromatic nitrogens is 1. The van der Waals surface area contributed by atoms with E-state index in [0.29, 0.717) is 6.42 Å². The van der Waals surface area contributed by atoms with E-state index in [1.165, 1.54) is 0 Å². The maximum Gasteiger partial charge on any atom is 0.184 e. The number of sulfone groups is 1. The minimum Gasteiger partial charge on any atom is -0.355 e. The van der Waals surface area contributed by atoms with Gasteiger partial charge >= 0.3 is 0 Å². The quantitative estimate of drug-likeness (QED) is 0.893. The van der Waals surface area contributed by atoms with Gasteiger partial charge in [-0.1, -0.05) is 27.3 Å². The van der Waals surface area contributed by atoms with E-state index in [0.717, 1.165) is 19.8 Å². The zero-order valence-corrected chi connectivity index (χ0v) is 13.5. The number of thiazole rings is 1. The van der Waals surface area contributed by atoms with Crippen LogP contribution in [0.15, 0.2) is 22.7 Å². The van der Waals surface area contributed by atoms with Gasteiger partial charge in [0, 0.05) is 4.47 Å². The van der Waals surface area contributed by atoms with Crippen LogP contribution in [-0.4, -0.2) is 30.4 Å². The Morgan fingerprint density at radius 2 is 2.26 bits per heavy atom. The smallest absolute Gasteiger partial charge is 0.184 e.